The molecule has 0 saturated heterocycles. The second kappa shape index (κ2) is 10.1. The molecule has 3 aromatic carbocycles. The molecule has 1 amide bonds. The lowest BCUT2D eigenvalue weighted by molar-refractivity contribution is 0.0952. The first kappa shape index (κ1) is 24.7. The summed E-state index contributed by atoms with van der Waals surface area (Å²) in [6.45, 7) is 2.20. The van der Waals surface area contributed by atoms with Crippen LogP contribution in [0.15, 0.2) is 59.5 Å². The summed E-state index contributed by atoms with van der Waals surface area (Å²) < 4.78 is 36.9. The zero-order valence-corrected chi connectivity index (χ0v) is 21.5. The van der Waals surface area contributed by atoms with Gasteiger partial charge >= 0.3 is 0 Å². The molecular weight excluding hydrogens is 539 g/mol. The maximum absolute atomic E-state index is 13.1. The summed E-state index contributed by atoms with van der Waals surface area (Å²) in [7, 11) is -4.06. The molecule has 34 heavy (non-hydrogen) atoms. The Balaban J connectivity index is 1.56. The average Bonchev–Trinajstić information content (AvgIpc) is 3.29. The molecule has 0 fully saturated rings. The van der Waals surface area contributed by atoms with Gasteiger partial charge in [-0.25, -0.2) is 8.42 Å². The van der Waals surface area contributed by atoms with E-state index in [2.05, 4.69) is 18.8 Å². The standard InChI is InChI=1S/C22H17Cl3N4O3S2/c1-12(13-5-7-16(24)17(25)9-13)11-26-22(30)15-10-14(23)6-8-18(15)29-34(31,32)20-4-2-3-19-21(20)28-33-27-19/h2-10,12,29H,11H2,1H3,(H,26,30). The fourth-order valence-corrected chi connectivity index (χ4v) is 5.60. The Bertz CT molecular complexity index is 1490. The molecule has 0 spiro atoms. The van der Waals surface area contributed by atoms with Gasteiger partial charge in [-0.2, -0.15) is 8.75 Å². The van der Waals surface area contributed by atoms with Gasteiger partial charge in [0.15, 0.2) is 0 Å². The van der Waals surface area contributed by atoms with E-state index in [0.717, 1.165) is 17.3 Å². The fourth-order valence-electron chi connectivity index (χ4n) is 3.27. The second-order valence-corrected chi connectivity index (χ2v) is 10.9. The van der Waals surface area contributed by atoms with E-state index in [-0.39, 0.29) is 39.1 Å². The highest BCUT2D eigenvalue weighted by atomic mass is 35.5. The van der Waals surface area contributed by atoms with Crippen molar-refractivity contribution in [2.75, 3.05) is 11.3 Å². The first-order valence-electron chi connectivity index (χ1n) is 9.92. The Kier molecular flexibility index (Phi) is 7.30. The Hall–Kier alpha value is -2.43. The van der Waals surface area contributed by atoms with Gasteiger partial charge in [-0.05, 0) is 53.9 Å². The molecule has 0 aliphatic carbocycles. The summed E-state index contributed by atoms with van der Waals surface area (Å²) in [6, 6.07) is 14.3. The monoisotopic (exact) mass is 554 g/mol. The fraction of sp³-hybridized carbons (Fsp3) is 0.136. The second-order valence-electron chi connectivity index (χ2n) is 7.47. The van der Waals surface area contributed by atoms with Gasteiger partial charge < -0.3 is 5.32 Å². The molecule has 1 atom stereocenters. The first-order chi connectivity index (χ1) is 16.2. The van der Waals surface area contributed by atoms with E-state index < -0.39 is 15.9 Å². The highest BCUT2D eigenvalue weighted by Gasteiger charge is 2.23. The Morgan fingerprint density at radius 3 is 2.59 bits per heavy atom. The minimum Gasteiger partial charge on any atom is -0.351 e. The molecule has 0 bridgehead atoms. The third kappa shape index (κ3) is 5.29. The number of sulfonamides is 1. The lowest BCUT2D eigenvalue weighted by Gasteiger charge is -2.16. The predicted octanol–water partition coefficient (Wildman–Crippen LogP) is 5.99. The lowest BCUT2D eigenvalue weighted by Crippen LogP contribution is -2.28. The zero-order chi connectivity index (χ0) is 24.5. The number of carbonyl (C=O) groups excluding carboxylic acids is 1. The largest absolute Gasteiger partial charge is 0.351 e. The predicted molar refractivity (Wildman–Crippen MR) is 137 cm³/mol. The molecule has 0 radical (unpaired) electrons. The van der Waals surface area contributed by atoms with Gasteiger partial charge in [0.05, 0.1) is 33.0 Å². The number of amides is 1. The number of anilines is 1. The van der Waals surface area contributed by atoms with Gasteiger partial charge in [0.2, 0.25) is 0 Å². The number of benzene rings is 3. The van der Waals surface area contributed by atoms with Crippen LogP contribution in [0.4, 0.5) is 5.69 Å². The van der Waals surface area contributed by atoms with Gasteiger partial charge in [-0.15, -0.1) is 0 Å². The summed E-state index contributed by atoms with van der Waals surface area (Å²) in [6.07, 6.45) is 0. The van der Waals surface area contributed by atoms with Crippen LogP contribution in [-0.2, 0) is 10.0 Å². The van der Waals surface area contributed by atoms with E-state index in [9.17, 15) is 13.2 Å². The third-order valence-corrected chi connectivity index (χ3v) is 8.00. The number of nitrogens with zero attached hydrogens (tertiary/aromatic N) is 2. The minimum atomic E-state index is -4.06. The zero-order valence-electron chi connectivity index (χ0n) is 17.6. The van der Waals surface area contributed by atoms with Crippen molar-refractivity contribution in [1.82, 2.24) is 14.1 Å². The van der Waals surface area contributed by atoms with E-state index in [1.54, 1.807) is 24.3 Å². The molecule has 4 aromatic rings. The van der Waals surface area contributed by atoms with Gasteiger partial charge in [-0.3, -0.25) is 9.52 Å². The van der Waals surface area contributed by atoms with Crippen LogP contribution in [-0.4, -0.2) is 29.6 Å². The van der Waals surface area contributed by atoms with Crippen LogP contribution >= 0.6 is 46.5 Å². The lowest BCUT2D eigenvalue weighted by atomic mass is 10.0. The van der Waals surface area contributed by atoms with Crippen LogP contribution in [0.25, 0.3) is 11.0 Å². The summed E-state index contributed by atoms with van der Waals surface area (Å²) in [5.74, 6) is -0.562. The molecule has 0 aliphatic rings. The smallest absolute Gasteiger partial charge is 0.264 e. The minimum absolute atomic E-state index is 0.0340. The van der Waals surface area contributed by atoms with Crippen molar-refractivity contribution in [3.63, 3.8) is 0 Å². The SMILES string of the molecule is CC(CNC(=O)c1cc(Cl)ccc1NS(=O)(=O)c1cccc2nsnc12)c1ccc(Cl)c(Cl)c1. The number of nitrogens with one attached hydrogen (secondary N) is 2. The molecule has 0 saturated carbocycles. The van der Waals surface area contributed by atoms with E-state index in [1.807, 2.05) is 13.0 Å². The summed E-state index contributed by atoms with van der Waals surface area (Å²) in [5.41, 5.74) is 1.80. The quantitative estimate of drug-likeness (QED) is 0.292. The van der Waals surface area contributed by atoms with Crippen LogP contribution in [0.3, 0.4) is 0 Å². The Morgan fingerprint density at radius 1 is 1.03 bits per heavy atom. The van der Waals surface area contributed by atoms with Crippen molar-refractivity contribution in [3.05, 3.63) is 80.8 Å². The molecule has 1 heterocycles. The molecule has 12 heteroatoms. The van der Waals surface area contributed by atoms with Crippen LogP contribution < -0.4 is 10.0 Å². The Morgan fingerprint density at radius 2 is 1.82 bits per heavy atom. The van der Waals surface area contributed by atoms with Gasteiger partial charge in [0.25, 0.3) is 15.9 Å². The van der Waals surface area contributed by atoms with Crippen molar-refractivity contribution in [1.29, 1.82) is 0 Å². The van der Waals surface area contributed by atoms with Crippen molar-refractivity contribution in [2.45, 2.75) is 17.7 Å². The molecular formula is C22H17Cl3N4O3S2. The van der Waals surface area contributed by atoms with Gasteiger partial charge in [0, 0.05) is 11.6 Å². The third-order valence-electron chi connectivity index (χ3n) is 5.09. The van der Waals surface area contributed by atoms with Crippen molar-refractivity contribution < 1.29 is 13.2 Å². The van der Waals surface area contributed by atoms with E-state index in [4.69, 9.17) is 34.8 Å². The normalized spacial score (nSPS) is 12.5. The number of halogens is 3. The van der Waals surface area contributed by atoms with Gasteiger partial charge in [-0.1, -0.05) is 53.9 Å². The van der Waals surface area contributed by atoms with Crippen LogP contribution in [0.5, 0.6) is 0 Å². The Labute approximate surface area is 215 Å². The van der Waals surface area contributed by atoms with E-state index in [1.165, 1.54) is 24.3 Å². The first-order valence-corrected chi connectivity index (χ1v) is 13.3. The number of hydrogen-bond donors (Lipinski definition) is 2. The van der Waals surface area contributed by atoms with E-state index >= 15 is 0 Å². The molecule has 0 aliphatic heterocycles. The summed E-state index contributed by atoms with van der Waals surface area (Å²) >= 11 is 19.1. The molecule has 2 N–H and O–H groups in total. The maximum Gasteiger partial charge on any atom is 0.264 e. The van der Waals surface area contributed by atoms with Crippen molar-refractivity contribution >= 4 is 79.2 Å². The van der Waals surface area contributed by atoms with Gasteiger partial charge in [0.1, 0.15) is 15.9 Å². The summed E-state index contributed by atoms with van der Waals surface area (Å²) in [4.78, 5) is 13.0. The van der Waals surface area contributed by atoms with Crippen LogP contribution in [0.1, 0.15) is 28.8 Å². The highest BCUT2D eigenvalue weighted by molar-refractivity contribution is 7.93. The molecule has 1 aromatic heterocycles. The number of aromatic nitrogens is 2. The highest BCUT2D eigenvalue weighted by Crippen LogP contribution is 2.28. The number of carbonyl (C=O) groups is 1. The number of fused-ring (bicyclic) bond motifs is 1. The molecule has 4 rings (SSSR count). The molecule has 7 nitrogen and oxygen atoms in total. The number of rotatable bonds is 7. The van der Waals surface area contributed by atoms with Crippen LogP contribution in [0.2, 0.25) is 15.1 Å². The molecule has 1 unspecified atom stereocenters. The number of hydrogen-bond acceptors (Lipinski definition) is 6. The molecule has 176 valence electrons. The topological polar surface area (TPSA) is 101 Å². The van der Waals surface area contributed by atoms with E-state index in [0.29, 0.717) is 15.6 Å². The van der Waals surface area contributed by atoms with Crippen molar-refractivity contribution in [3.8, 4) is 0 Å². The summed E-state index contributed by atoms with van der Waals surface area (Å²) in [5, 5.41) is 3.98. The van der Waals surface area contributed by atoms with Crippen molar-refractivity contribution in [2.24, 2.45) is 0 Å². The average molecular weight is 556 g/mol. The maximum atomic E-state index is 13.1. The van der Waals surface area contributed by atoms with Crippen LogP contribution in [0, 0.1) is 0 Å².